The number of aliphatic hydroxyl groups is 2. The predicted octanol–water partition coefficient (Wildman–Crippen LogP) is 4.31. The third kappa shape index (κ3) is 13.9. The summed E-state index contributed by atoms with van der Waals surface area (Å²) < 4.78 is 5.33. The first-order valence-corrected chi connectivity index (χ1v) is 11.2. The molecule has 0 heterocycles. The number of carbonyl (C=O) groups is 2. The minimum atomic E-state index is -0.851. The summed E-state index contributed by atoms with van der Waals surface area (Å²) in [6.45, 7) is 2.43. The Morgan fingerprint density at radius 2 is 1.25 bits per heavy atom. The van der Waals surface area contributed by atoms with Crippen molar-refractivity contribution in [2.24, 2.45) is 11.8 Å². The molecule has 0 spiro atoms. The number of carboxylic acids is 1. The standard InChI is InChI=1S/C20H36O4.C2H6O2/c1-2-3-4-5-6-7-8-9-10-13-16-24-20(23)18-15-12-11-14-17(18)19(21)22;3-1-2-4/h17-18H,2-16H2,1H3,(H,21,22);3-4H,1-2H2. The number of aliphatic carboxylic acids is 1. The van der Waals surface area contributed by atoms with Gasteiger partial charge in [-0.15, -0.1) is 0 Å². The summed E-state index contributed by atoms with van der Waals surface area (Å²) in [5.41, 5.74) is 0. The van der Waals surface area contributed by atoms with Gasteiger partial charge in [-0.25, -0.2) is 0 Å². The van der Waals surface area contributed by atoms with Crippen molar-refractivity contribution in [3.05, 3.63) is 0 Å². The van der Waals surface area contributed by atoms with Crippen LogP contribution in [0.15, 0.2) is 0 Å². The Morgan fingerprint density at radius 1 is 0.786 bits per heavy atom. The van der Waals surface area contributed by atoms with E-state index in [2.05, 4.69) is 6.92 Å². The highest BCUT2D eigenvalue weighted by molar-refractivity contribution is 5.81. The van der Waals surface area contributed by atoms with E-state index in [4.69, 9.17) is 14.9 Å². The summed E-state index contributed by atoms with van der Waals surface area (Å²) in [6.07, 6.45) is 15.6. The molecule has 0 bridgehead atoms. The second-order valence-corrected chi connectivity index (χ2v) is 7.63. The fraction of sp³-hybridized carbons (Fsp3) is 0.909. The molecule has 1 aliphatic rings. The second-order valence-electron chi connectivity index (χ2n) is 7.63. The van der Waals surface area contributed by atoms with E-state index in [1.807, 2.05) is 0 Å². The van der Waals surface area contributed by atoms with Crippen LogP contribution >= 0.6 is 0 Å². The molecule has 0 amide bonds. The highest BCUT2D eigenvalue weighted by atomic mass is 16.5. The summed E-state index contributed by atoms with van der Waals surface area (Å²) in [6, 6.07) is 0. The van der Waals surface area contributed by atoms with Gasteiger partial charge in [0.1, 0.15) is 0 Å². The first-order chi connectivity index (χ1) is 13.6. The van der Waals surface area contributed by atoms with Crippen LogP contribution in [0.1, 0.15) is 96.8 Å². The van der Waals surface area contributed by atoms with Gasteiger partial charge in [0.05, 0.1) is 31.7 Å². The minimum Gasteiger partial charge on any atom is -0.481 e. The summed E-state index contributed by atoms with van der Waals surface area (Å²) in [5.74, 6) is -2.12. The van der Waals surface area contributed by atoms with Crippen molar-refractivity contribution in [3.63, 3.8) is 0 Å². The minimum absolute atomic E-state index is 0.125. The van der Waals surface area contributed by atoms with Gasteiger partial charge in [0.15, 0.2) is 0 Å². The van der Waals surface area contributed by atoms with Gasteiger partial charge in [-0.3, -0.25) is 9.59 Å². The monoisotopic (exact) mass is 402 g/mol. The number of hydrogen-bond acceptors (Lipinski definition) is 5. The van der Waals surface area contributed by atoms with E-state index in [1.165, 1.54) is 51.4 Å². The summed E-state index contributed by atoms with van der Waals surface area (Å²) in [7, 11) is 0. The maximum absolute atomic E-state index is 12.1. The zero-order chi connectivity index (χ0) is 21.0. The van der Waals surface area contributed by atoms with E-state index in [0.29, 0.717) is 19.4 Å². The normalized spacial score (nSPS) is 18.8. The molecule has 6 heteroatoms. The van der Waals surface area contributed by atoms with Crippen molar-refractivity contribution in [1.29, 1.82) is 0 Å². The average molecular weight is 403 g/mol. The van der Waals surface area contributed by atoms with E-state index in [9.17, 15) is 14.7 Å². The number of aliphatic hydroxyl groups excluding tert-OH is 2. The Morgan fingerprint density at radius 3 is 1.71 bits per heavy atom. The van der Waals surface area contributed by atoms with Crippen molar-refractivity contribution in [2.45, 2.75) is 96.8 Å². The number of unbranched alkanes of at least 4 members (excludes halogenated alkanes) is 9. The van der Waals surface area contributed by atoms with E-state index in [0.717, 1.165) is 25.7 Å². The highest BCUT2D eigenvalue weighted by Gasteiger charge is 2.36. The Bertz CT molecular complexity index is 383. The Hall–Kier alpha value is -1.14. The first-order valence-electron chi connectivity index (χ1n) is 11.2. The Labute approximate surface area is 170 Å². The van der Waals surface area contributed by atoms with Gasteiger partial charge in [-0.05, 0) is 19.3 Å². The van der Waals surface area contributed by atoms with Gasteiger partial charge >= 0.3 is 11.9 Å². The fourth-order valence-electron chi connectivity index (χ4n) is 3.58. The molecule has 0 aliphatic heterocycles. The third-order valence-corrected chi connectivity index (χ3v) is 5.23. The van der Waals surface area contributed by atoms with E-state index in [1.54, 1.807) is 0 Å². The predicted molar refractivity (Wildman–Crippen MR) is 110 cm³/mol. The molecule has 0 aromatic heterocycles. The molecule has 0 saturated heterocycles. The largest absolute Gasteiger partial charge is 0.481 e. The second kappa shape index (κ2) is 19.2. The summed E-state index contributed by atoms with van der Waals surface area (Å²) in [5, 5.41) is 24.5. The molecule has 2 unspecified atom stereocenters. The maximum atomic E-state index is 12.1. The Kier molecular flexibility index (Phi) is 18.4. The zero-order valence-electron chi connectivity index (χ0n) is 17.7. The smallest absolute Gasteiger partial charge is 0.309 e. The molecular weight excluding hydrogens is 360 g/mol. The molecule has 1 aliphatic carbocycles. The zero-order valence-corrected chi connectivity index (χ0v) is 17.7. The van der Waals surface area contributed by atoms with Gasteiger partial charge in [-0.1, -0.05) is 77.6 Å². The lowest BCUT2D eigenvalue weighted by molar-refractivity contribution is -0.159. The van der Waals surface area contributed by atoms with Gasteiger partial charge in [0, 0.05) is 0 Å². The molecule has 2 atom stereocenters. The number of carboxylic acid groups (broad SMARTS) is 1. The maximum Gasteiger partial charge on any atom is 0.309 e. The summed E-state index contributed by atoms with van der Waals surface area (Å²) in [4.78, 5) is 23.3. The lowest BCUT2D eigenvalue weighted by Crippen LogP contribution is -2.33. The number of esters is 1. The van der Waals surface area contributed by atoms with Crippen LogP contribution in [0.3, 0.4) is 0 Å². The van der Waals surface area contributed by atoms with Crippen LogP contribution in [0, 0.1) is 11.8 Å². The first kappa shape index (κ1) is 26.9. The summed E-state index contributed by atoms with van der Waals surface area (Å²) >= 11 is 0. The van der Waals surface area contributed by atoms with E-state index >= 15 is 0 Å². The lowest BCUT2D eigenvalue weighted by atomic mass is 9.79. The molecular formula is C22H42O6. The van der Waals surface area contributed by atoms with Crippen molar-refractivity contribution in [1.82, 2.24) is 0 Å². The molecule has 0 aromatic carbocycles. The number of ether oxygens (including phenoxy) is 1. The average Bonchev–Trinajstić information content (AvgIpc) is 2.72. The van der Waals surface area contributed by atoms with Crippen molar-refractivity contribution < 1.29 is 29.6 Å². The van der Waals surface area contributed by atoms with Crippen LogP contribution < -0.4 is 0 Å². The van der Waals surface area contributed by atoms with Crippen LogP contribution in [0.2, 0.25) is 0 Å². The van der Waals surface area contributed by atoms with Crippen LogP contribution in [0.25, 0.3) is 0 Å². The van der Waals surface area contributed by atoms with E-state index < -0.39 is 17.8 Å². The molecule has 6 nitrogen and oxygen atoms in total. The molecule has 0 aromatic rings. The molecule has 3 N–H and O–H groups in total. The third-order valence-electron chi connectivity index (χ3n) is 5.23. The molecule has 166 valence electrons. The van der Waals surface area contributed by atoms with Crippen LogP contribution in [-0.2, 0) is 14.3 Å². The van der Waals surface area contributed by atoms with Crippen molar-refractivity contribution >= 4 is 11.9 Å². The fourth-order valence-corrected chi connectivity index (χ4v) is 3.58. The SMILES string of the molecule is CCCCCCCCCCCCOC(=O)C1CCCCC1C(=O)O.OCCO. The molecule has 1 saturated carbocycles. The van der Waals surface area contributed by atoms with E-state index in [-0.39, 0.29) is 19.2 Å². The van der Waals surface area contributed by atoms with Gasteiger partial charge in [0.2, 0.25) is 0 Å². The molecule has 28 heavy (non-hydrogen) atoms. The molecule has 1 rings (SSSR count). The molecule has 0 radical (unpaired) electrons. The van der Waals surface area contributed by atoms with Gasteiger partial charge in [0.25, 0.3) is 0 Å². The van der Waals surface area contributed by atoms with Crippen molar-refractivity contribution in [2.75, 3.05) is 19.8 Å². The van der Waals surface area contributed by atoms with Crippen molar-refractivity contribution in [3.8, 4) is 0 Å². The number of rotatable bonds is 14. The highest BCUT2D eigenvalue weighted by Crippen LogP contribution is 2.31. The lowest BCUT2D eigenvalue weighted by Gasteiger charge is -2.26. The molecule has 1 fully saturated rings. The van der Waals surface area contributed by atoms with Crippen LogP contribution in [0.4, 0.5) is 0 Å². The van der Waals surface area contributed by atoms with Crippen LogP contribution in [-0.4, -0.2) is 47.1 Å². The topological polar surface area (TPSA) is 104 Å². The Balaban J connectivity index is 0.00000165. The van der Waals surface area contributed by atoms with Crippen LogP contribution in [0.5, 0.6) is 0 Å². The van der Waals surface area contributed by atoms with Gasteiger partial charge < -0.3 is 20.1 Å². The quantitative estimate of drug-likeness (QED) is 0.295. The van der Waals surface area contributed by atoms with Gasteiger partial charge in [-0.2, -0.15) is 0 Å². The number of carbonyl (C=O) groups excluding carboxylic acids is 1. The number of hydrogen-bond donors (Lipinski definition) is 3.